The first kappa shape index (κ1) is 13.5. The van der Waals surface area contributed by atoms with Crippen LogP contribution in [0, 0.1) is 5.92 Å². The van der Waals surface area contributed by atoms with Gasteiger partial charge < -0.3 is 10.1 Å². The molecule has 6 heteroatoms. The third-order valence-electron chi connectivity index (χ3n) is 4.18. The van der Waals surface area contributed by atoms with Crippen LogP contribution < -0.4 is 5.32 Å². The van der Waals surface area contributed by atoms with Gasteiger partial charge in [0.25, 0.3) is 5.91 Å². The van der Waals surface area contributed by atoms with Gasteiger partial charge in [0.1, 0.15) is 6.17 Å². The summed E-state index contributed by atoms with van der Waals surface area (Å²) in [5.74, 6) is 0.0935. The van der Waals surface area contributed by atoms with Crippen LogP contribution in [0.25, 0.3) is 0 Å². The minimum absolute atomic E-state index is 0.0678. The second-order valence-corrected chi connectivity index (χ2v) is 5.90. The number of ether oxygens (including phenoxy) is 1. The standard InChI is InChI=1S/C14H20FN3O2/c1-7-3-11-12(8(2)20-7)17-18-13(11)14(19)16-6-9-4-10(15)5-9/h7-10H,3-6H2,1-2H3,(H,16,19)(H,17,18)/t7-,8+,9?,10?/m1/s1. The van der Waals surface area contributed by atoms with Gasteiger partial charge in [0.15, 0.2) is 5.69 Å². The van der Waals surface area contributed by atoms with Crippen molar-refractivity contribution in [3.63, 3.8) is 0 Å². The lowest BCUT2D eigenvalue weighted by molar-refractivity contribution is -0.00697. The van der Waals surface area contributed by atoms with Gasteiger partial charge in [0.2, 0.25) is 0 Å². The van der Waals surface area contributed by atoms with Gasteiger partial charge in [-0.05, 0) is 32.6 Å². The van der Waals surface area contributed by atoms with Crippen LogP contribution in [-0.4, -0.2) is 34.9 Å². The number of hydrogen-bond donors (Lipinski definition) is 2. The topological polar surface area (TPSA) is 67.0 Å². The van der Waals surface area contributed by atoms with Gasteiger partial charge in [0.05, 0.1) is 17.9 Å². The molecule has 1 aromatic rings. The minimum Gasteiger partial charge on any atom is -0.369 e. The van der Waals surface area contributed by atoms with Crippen molar-refractivity contribution in [3.8, 4) is 0 Å². The molecule has 110 valence electrons. The van der Waals surface area contributed by atoms with Crippen molar-refractivity contribution in [2.24, 2.45) is 5.92 Å². The third kappa shape index (κ3) is 2.44. The van der Waals surface area contributed by atoms with Crippen LogP contribution in [0.3, 0.4) is 0 Å². The minimum atomic E-state index is -0.686. The summed E-state index contributed by atoms with van der Waals surface area (Å²) in [5.41, 5.74) is 2.30. The summed E-state index contributed by atoms with van der Waals surface area (Å²) in [7, 11) is 0. The lowest BCUT2D eigenvalue weighted by Gasteiger charge is -2.29. The monoisotopic (exact) mass is 281 g/mol. The molecular formula is C14H20FN3O2. The van der Waals surface area contributed by atoms with Crippen LogP contribution in [0.15, 0.2) is 0 Å². The summed E-state index contributed by atoms with van der Waals surface area (Å²) in [4.78, 5) is 12.2. The molecule has 2 aliphatic rings. The number of aromatic amines is 1. The van der Waals surface area contributed by atoms with E-state index >= 15 is 0 Å². The number of hydrogen-bond acceptors (Lipinski definition) is 3. The summed E-state index contributed by atoms with van der Waals surface area (Å²) < 4.78 is 18.4. The summed E-state index contributed by atoms with van der Waals surface area (Å²) in [6.07, 6.45) is 1.13. The van der Waals surface area contributed by atoms with Crippen LogP contribution in [0.2, 0.25) is 0 Å². The molecule has 3 rings (SSSR count). The van der Waals surface area contributed by atoms with E-state index in [0.717, 1.165) is 11.3 Å². The number of alkyl halides is 1. The van der Waals surface area contributed by atoms with Crippen molar-refractivity contribution in [2.45, 2.75) is 51.5 Å². The Morgan fingerprint density at radius 1 is 1.50 bits per heavy atom. The van der Waals surface area contributed by atoms with Crippen molar-refractivity contribution in [3.05, 3.63) is 17.0 Å². The molecule has 1 aromatic heterocycles. The molecule has 5 nitrogen and oxygen atoms in total. The molecule has 2 N–H and O–H groups in total. The molecule has 20 heavy (non-hydrogen) atoms. The van der Waals surface area contributed by atoms with E-state index in [1.165, 1.54) is 0 Å². The van der Waals surface area contributed by atoms with Gasteiger partial charge in [-0.1, -0.05) is 0 Å². The Morgan fingerprint density at radius 3 is 2.95 bits per heavy atom. The molecular weight excluding hydrogens is 261 g/mol. The third-order valence-corrected chi connectivity index (χ3v) is 4.18. The Morgan fingerprint density at radius 2 is 2.25 bits per heavy atom. The second kappa shape index (κ2) is 5.16. The van der Waals surface area contributed by atoms with Gasteiger partial charge >= 0.3 is 0 Å². The fourth-order valence-electron chi connectivity index (χ4n) is 3.00. The molecule has 2 heterocycles. The number of aromatic nitrogens is 2. The molecule has 1 saturated carbocycles. The molecule has 1 amide bonds. The van der Waals surface area contributed by atoms with Crippen LogP contribution in [0.5, 0.6) is 0 Å². The summed E-state index contributed by atoms with van der Waals surface area (Å²) in [6.45, 7) is 4.47. The predicted octanol–water partition coefficient (Wildman–Crippen LogP) is 1.91. The lowest BCUT2D eigenvalue weighted by Crippen LogP contribution is -2.37. The number of carbonyl (C=O) groups is 1. The predicted molar refractivity (Wildman–Crippen MR) is 71.2 cm³/mol. The van der Waals surface area contributed by atoms with Gasteiger partial charge in [-0.25, -0.2) is 4.39 Å². The van der Waals surface area contributed by atoms with E-state index in [1.807, 2.05) is 13.8 Å². The van der Waals surface area contributed by atoms with Crippen molar-refractivity contribution in [1.82, 2.24) is 15.5 Å². The Kier molecular flexibility index (Phi) is 3.50. The number of rotatable bonds is 3. The molecule has 0 spiro atoms. The highest BCUT2D eigenvalue weighted by atomic mass is 19.1. The average molecular weight is 281 g/mol. The molecule has 0 aromatic carbocycles. The van der Waals surface area contributed by atoms with E-state index in [0.29, 0.717) is 31.5 Å². The fourth-order valence-corrected chi connectivity index (χ4v) is 3.00. The number of carbonyl (C=O) groups excluding carboxylic acids is 1. The van der Waals surface area contributed by atoms with Gasteiger partial charge in [-0.15, -0.1) is 0 Å². The number of fused-ring (bicyclic) bond motifs is 1. The summed E-state index contributed by atoms with van der Waals surface area (Å²) in [5, 5.41) is 9.89. The van der Waals surface area contributed by atoms with Gasteiger partial charge in [-0.2, -0.15) is 5.10 Å². The fraction of sp³-hybridized carbons (Fsp3) is 0.714. The van der Waals surface area contributed by atoms with E-state index in [4.69, 9.17) is 4.74 Å². The molecule has 0 unspecified atom stereocenters. The first-order valence-corrected chi connectivity index (χ1v) is 7.19. The smallest absolute Gasteiger partial charge is 0.272 e. The SMILES string of the molecule is C[C@@H]1Cc2c(C(=O)NCC3CC(F)C3)n[nH]c2[C@H](C)O1. The summed E-state index contributed by atoms with van der Waals surface area (Å²) in [6, 6.07) is 0. The van der Waals surface area contributed by atoms with Crippen LogP contribution >= 0.6 is 0 Å². The maximum absolute atomic E-state index is 12.7. The number of nitrogens with zero attached hydrogens (tertiary/aromatic N) is 1. The number of nitrogens with one attached hydrogen (secondary N) is 2. The van der Waals surface area contributed by atoms with Crippen molar-refractivity contribution in [1.29, 1.82) is 0 Å². The molecule has 2 atom stereocenters. The van der Waals surface area contributed by atoms with Crippen LogP contribution in [-0.2, 0) is 11.2 Å². The van der Waals surface area contributed by atoms with Gasteiger partial charge in [0, 0.05) is 18.5 Å². The highest BCUT2D eigenvalue weighted by molar-refractivity contribution is 5.94. The Bertz CT molecular complexity index is 511. The first-order chi connectivity index (χ1) is 9.54. The Balaban J connectivity index is 1.66. The first-order valence-electron chi connectivity index (χ1n) is 7.19. The summed E-state index contributed by atoms with van der Waals surface area (Å²) >= 11 is 0. The maximum Gasteiger partial charge on any atom is 0.272 e. The van der Waals surface area contributed by atoms with E-state index in [-0.39, 0.29) is 24.0 Å². The molecule has 0 bridgehead atoms. The molecule has 0 radical (unpaired) electrons. The van der Waals surface area contributed by atoms with E-state index < -0.39 is 6.17 Å². The number of amides is 1. The average Bonchev–Trinajstić information content (AvgIpc) is 2.76. The van der Waals surface area contributed by atoms with E-state index in [1.54, 1.807) is 0 Å². The largest absolute Gasteiger partial charge is 0.369 e. The van der Waals surface area contributed by atoms with Crippen LogP contribution in [0.4, 0.5) is 4.39 Å². The Hall–Kier alpha value is -1.43. The number of halogens is 1. The molecule has 1 aliphatic heterocycles. The van der Waals surface area contributed by atoms with Crippen molar-refractivity contribution >= 4 is 5.91 Å². The molecule has 0 saturated heterocycles. The Labute approximate surface area is 117 Å². The zero-order valence-electron chi connectivity index (χ0n) is 11.8. The lowest BCUT2D eigenvalue weighted by atomic mass is 9.83. The number of H-pyrrole nitrogens is 1. The zero-order valence-corrected chi connectivity index (χ0v) is 11.8. The normalized spacial score (nSPS) is 32.4. The van der Waals surface area contributed by atoms with Crippen molar-refractivity contribution in [2.75, 3.05) is 6.54 Å². The second-order valence-electron chi connectivity index (χ2n) is 5.90. The van der Waals surface area contributed by atoms with E-state index in [2.05, 4.69) is 15.5 Å². The molecule has 1 fully saturated rings. The maximum atomic E-state index is 12.7. The highest BCUT2D eigenvalue weighted by Gasteiger charge is 2.31. The zero-order chi connectivity index (χ0) is 14.3. The quantitative estimate of drug-likeness (QED) is 0.889. The highest BCUT2D eigenvalue weighted by Crippen LogP contribution is 2.31. The van der Waals surface area contributed by atoms with Gasteiger partial charge in [-0.3, -0.25) is 9.89 Å². The van der Waals surface area contributed by atoms with Crippen molar-refractivity contribution < 1.29 is 13.9 Å². The van der Waals surface area contributed by atoms with Crippen LogP contribution in [0.1, 0.15) is 54.5 Å². The molecule has 1 aliphatic carbocycles. The van der Waals surface area contributed by atoms with E-state index in [9.17, 15) is 9.18 Å².